The fourth-order valence-corrected chi connectivity index (χ4v) is 4.76. The van der Waals surface area contributed by atoms with Crippen molar-refractivity contribution in [1.29, 1.82) is 0 Å². The first-order valence-electron chi connectivity index (χ1n) is 13.2. The number of para-hydroxylation sites is 2. The lowest BCUT2D eigenvalue weighted by Crippen LogP contribution is -2.02. The SMILES string of the molecule is C=C/C=C\C(=C)/C=C/Cc1ccccc1-c1nc(-c2ccccc2)nc(-c2cccc3c2oc2ccccc23)n1. The zero-order chi connectivity index (χ0) is 27.3. The van der Waals surface area contributed by atoms with E-state index in [2.05, 4.69) is 43.5 Å². The Morgan fingerprint density at radius 1 is 0.675 bits per heavy atom. The van der Waals surface area contributed by atoms with Crippen molar-refractivity contribution in [2.45, 2.75) is 6.42 Å². The smallest absolute Gasteiger partial charge is 0.167 e. The van der Waals surface area contributed by atoms with Crippen LogP contribution in [0.25, 0.3) is 56.1 Å². The van der Waals surface area contributed by atoms with E-state index in [1.54, 1.807) is 6.08 Å². The number of nitrogens with zero attached hydrogens (tertiary/aromatic N) is 3. The Labute approximate surface area is 233 Å². The van der Waals surface area contributed by atoms with Crippen LogP contribution in [0.1, 0.15) is 5.56 Å². The van der Waals surface area contributed by atoms with E-state index < -0.39 is 0 Å². The lowest BCUT2D eigenvalue weighted by atomic mass is 10.0. The normalized spacial score (nSPS) is 11.6. The van der Waals surface area contributed by atoms with E-state index in [0.29, 0.717) is 23.9 Å². The summed E-state index contributed by atoms with van der Waals surface area (Å²) in [6.07, 6.45) is 10.4. The van der Waals surface area contributed by atoms with Gasteiger partial charge >= 0.3 is 0 Å². The van der Waals surface area contributed by atoms with Crippen LogP contribution >= 0.6 is 0 Å². The highest BCUT2D eigenvalue weighted by Gasteiger charge is 2.18. The molecule has 6 aromatic rings. The molecule has 2 aromatic heterocycles. The minimum Gasteiger partial charge on any atom is -0.455 e. The Bertz CT molecular complexity index is 1910. The topological polar surface area (TPSA) is 51.8 Å². The second kappa shape index (κ2) is 11.2. The Hall–Kier alpha value is -5.35. The van der Waals surface area contributed by atoms with Crippen LogP contribution < -0.4 is 0 Å². The van der Waals surface area contributed by atoms with Crippen molar-refractivity contribution >= 4 is 21.9 Å². The maximum Gasteiger partial charge on any atom is 0.167 e. The van der Waals surface area contributed by atoms with Crippen molar-refractivity contribution in [3.05, 3.63) is 152 Å². The van der Waals surface area contributed by atoms with E-state index in [4.69, 9.17) is 19.4 Å². The zero-order valence-corrected chi connectivity index (χ0v) is 22.0. The molecule has 4 nitrogen and oxygen atoms in total. The van der Waals surface area contributed by atoms with E-state index in [9.17, 15) is 0 Å². The summed E-state index contributed by atoms with van der Waals surface area (Å²) in [4.78, 5) is 14.9. The summed E-state index contributed by atoms with van der Waals surface area (Å²) in [6, 6.07) is 32.4. The van der Waals surface area contributed by atoms with Crippen LogP contribution in [0.3, 0.4) is 0 Å². The molecule has 0 aliphatic rings. The Morgan fingerprint density at radius 2 is 1.35 bits per heavy atom. The van der Waals surface area contributed by atoms with E-state index in [0.717, 1.165) is 49.8 Å². The van der Waals surface area contributed by atoms with Crippen molar-refractivity contribution in [2.24, 2.45) is 0 Å². The molecule has 6 rings (SSSR count). The molecule has 0 atom stereocenters. The lowest BCUT2D eigenvalue weighted by Gasteiger charge is -2.11. The maximum absolute atomic E-state index is 6.33. The predicted octanol–water partition coefficient (Wildman–Crippen LogP) is 9.17. The van der Waals surface area contributed by atoms with Crippen molar-refractivity contribution in [3.63, 3.8) is 0 Å². The number of hydrogen-bond acceptors (Lipinski definition) is 4. The standard InChI is InChI=1S/C36H27N3O/c1-3-4-14-25(2)15-12-19-26-16-8-9-20-28(26)35-37-34(27-17-6-5-7-18-27)38-36(39-35)31-23-13-22-30-29-21-10-11-24-32(29)40-33(30)31/h3-18,20-24H,1-2,19H2/b14-4-,15-12+. The Balaban J connectivity index is 1.50. The molecule has 0 saturated heterocycles. The van der Waals surface area contributed by atoms with Crippen LogP contribution in [0.4, 0.5) is 0 Å². The van der Waals surface area contributed by atoms with Crippen LogP contribution in [0, 0.1) is 0 Å². The molecule has 0 aliphatic heterocycles. The number of aromatic nitrogens is 3. The van der Waals surface area contributed by atoms with Gasteiger partial charge in [0.05, 0.1) is 5.56 Å². The van der Waals surface area contributed by atoms with E-state index in [1.165, 1.54) is 0 Å². The summed E-state index contributed by atoms with van der Waals surface area (Å²) in [5.41, 5.74) is 6.33. The van der Waals surface area contributed by atoms with E-state index >= 15 is 0 Å². The predicted molar refractivity (Wildman–Crippen MR) is 165 cm³/mol. The first-order valence-corrected chi connectivity index (χ1v) is 13.2. The van der Waals surface area contributed by atoms with Gasteiger partial charge in [-0.2, -0.15) is 0 Å². The average Bonchev–Trinajstić information content (AvgIpc) is 3.39. The van der Waals surface area contributed by atoms with Gasteiger partial charge in [-0.3, -0.25) is 0 Å². The van der Waals surface area contributed by atoms with Gasteiger partial charge in [0, 0.05) is 21.9 Å². The van der Waals surface area contributed by atoms with E-state index in [1.807, 2.05) is 91.0 Å². The summed E-state index contributed by atoms with van der Waals surface area (Å²) < 4.78 is 6.33. The highest BCUT2D eigenvalue weighted by Crippen LogP contribution is 2.35. The van der Waals surface area contributed by atoms with Crippen LogP contribution in [0.2, 0.25) is 0 Å². The van der Waals surface area contributed by atoms with Gasteiger partial charge in [-0.15, -0.1) is 0 Å². The molecule has 0 amide bonds. The summed E-state index contributed by atoms with van der Waals surface area (Å²) in [6.45, 7) is 7.79. The highest BCUT2D eigenvalue weighted by atomic mass is 16.3. The minimum absolute atomic E-state index is 0.571. The molecule has 40 heavy (non-hydrogen) atoms. The summed E-state index contributed by atoms with van der Waals surface area (Å²) in [5, 5.41) is 2.10. The molecular weight excluding hydrogens is 490 g/mol. The Kier molecular flexibility index (Phi) is 6.97. The summed E-state index contributed by atoms with van der Waals surface area (Å²) >= 11 is 0. The summed E-state index contributed by atoms with van der Waals surface area (Å²) in [7, 11) is 0. The Morgan fingerprint density at radius 3 is 2.20 bits per heavy atom. The first kappa shape index (κ1) is 25.0. The molecule has 0 bridgehead atoms. The van der Waals surface area contributed by atoms with Crippen LogP contribution in [-0.2, 0) is 6.42 Å². The van der Waals surface area contributed by atoms with Gasteiger partial charge in [-0.25, -0.2) is 15.0 Å². The zero-order valence-electron chi connectivity index (χ0n) is 22.0. The van der Waals surface area contributed by atoms with Gasteiger partial charge in [0.1, 0.15) is 11.2 Å². The molecule has 0 fully saturated rings. The summed E-state index contributed by atoms with van der Waals surface area (Å²) in [5.74, 6) is 1.80. The molecule has 0 radical (unpaired) electrons. The third-order valence-electron chi connectivity index (χ3n) is 6.69. The molecule has 4 aromatic carbocycles. The highest BCUT2D eigenvalue weighted by molar-refractivity contribution is 6.09. The fraction of sp³-hybridized carbons (Fsp3) is 0.0278. The van der Waals surface area contributed by atoms with Crippen LogP contribution in [0.5, 0.6) is 0 Å². The van der Waals surface area contributed by atoms with Crippen molar-refractivity contribution < 1.29 is 4.42 Å². The fourth-order valence-electron chi connectivity index (χ4n) is 4.76. The third-order valence-corrected chi connectivity index (χ3v) is 6.69. The maximum atomic E-state index is 6.33. The minimum atomic E-state index is 0.571. The van der Waals surface area contributed by atoms with Gasteiger partial charge in [0.25, 0.3) is 0 Å². The number of furan rings is 1. The van der Waals surface area contributed by atoms with Gasteiger partial charge in [-0.1, -0.05) is 128 Å². The van der Waals surface area contributed by atoms with E-state index in [-0.39, 0.29) is 0 Å². The molecule has 192 valence electrons. The second-order valence-electron chi connectivity index (χ2n) is 9.39. The number of benzene rings is 4. The molecule has 2 heterocycles. The van der Waals surface area contributed by atoms with Crippen molar-refractivity contribution in [3.8, 4) is 34.2 Å². The molecule has 4 heteroatoms. The monoisotopic (exact) mass is 517 g/mol. The molecule has 0 saturated carbocycles. The van der Waals surface area contributed by atoms with Gasteiger partial charge in [-0.05, 0) is 29.7 Å². The van der Waals surface area contributed by atoms with Gasteiger partial charge in [0.2, 0.25) is 0 Å². The molecule has 0 spiro atoms. The van der Waals surface area contributed by atoms with Crippen molar-refractivity contribution in [1.82, 2.24) is 15.0 Å². The number of fused-ring (bicyclic) bond motifs is 3. The number of allylic oxidation sites excluding steroid dienone is 6. The molecule has 0 unspecified atom stereocenters. The first-order chi connectivity index (χ1) is 19.7. The van der Waals surface area contributed by atoms with Crippen molar-refractivity contribution in [2.75, 3.05) is 0 Å². The number of hydrogen-bond donors (Lipinski definition) is 0. The average molecular weight is 518 g/mol. The van der Waals surface area contributed by atoms with Crippen LogP contribution in [-0.4, -0.2) is 15.0 Å². The molecule has 0 aliphatic carbocycles. The third kappa shape index (κ3) is 5.03. The number of rotatable bonds is 8. The molecular formula is C36H27N3O. The van der Waals surface area contributed by atoms with Crippen LogP contribution in [0.15, 0.2) is 151 Å². The van der Waals surface area contributed by atoms with Gasteiger partial charge < -0.3 is 4.42 Å². The quantitative estimate of drug-likeness (QED) is 0.189. The second-order valence-corrected chi connectivity index (χ2v) is 9.39. The lowest BCUT2D eigenvalue weighted by molar-refractivity contribution is 0.669. The molecule has 0 N–H and O–H groups in total. The largest absolute Gasteiger partial charge is 0.455 e. The van der Waals surface area contributed by atoms with Gasteiger partial charge in [0.15, 0.2) is 17.5 Å².